The van der Waals surface area contributed by atoms with E-state index in [-0.39, 0.29) is 5.75 Å². The fourth-order valence-electron chi connectivity index (χ4n) is 1.12. The van der Waals surface area contributed by atoms with Gasteiger partial charge in [0.2, 0.25) is 10.0 Å². The molecule has 1 rings (SSSR count). The third kappa shape index (κ3) is 4.46. The summed E-state index contributed by atoms with van der Waals surface area (Å²) >= 11 is 3.23. The van der Waals surface area contributed by atoms with Crippen LogP contribution in [0.3, 0.4) is 0 Å². The van der Waals surface area contributed by atoms with Gasteiger partial charge in [0.15, 0.2) is 0 Å². The summed E-state index contributed by atoms with van der Waals surface area (Å²) in [6.45, 7) is 0.679. The Bertz CT molecular complexity index is 436. The maximum atomic E-state index is 11.6. The lowest BCUT2D eigenvalue weighted by Gasteiger charge is -2.08. The molecule has 7 heteroatoms. The van der Waals surface area contributed by atoms with E-state index in [1.807, 2.05) is 0 Å². The highest BCUT2D eigenvalue weighted by atomic mass is 79.9. The molecule has 0 amide bonds. The first kappa shape index (κ1) is 13.4. The number of pyridine rings is 1. The molecule has 0 aliphatic rings. The van der Waals surface area contributed by atoms with Crippen LogP contribution in [-0.4, -0.2) is 32.7 Å². The third-order valence-corrected chi connectivity index (χ3v) is 3.87. The predicted octanol–water partition coefficient (Wildman–Crippen LogP) is 1.20. The van der Waals surface area contributed by atoms with Crippen LogP contribution in [0.4, 0.5) is 5.69 Å². The van der Waals surface area contributed by atoms with E-state index in [0.29, 0.717) is 23.1 Å². The standard InChI is InChI=1S/C9H14BrN3O2S/c1-11-4-2-6-16(14,15)13-9-3-5-12-7-8(9)10/h3,5,7,11H,2,4,6H2,1H3,(H,12,13). The van der Waals surface area contributed by atoms with Gasteiger partial charge >= 0.3 is 0 Å². The zero-order valence-corrected chi connectivity index (χ0v) is 11.3. The normalized spacial score (nSPS) is 11.4. The SMILES string of the molecule is CNCCCS(=O)(=O)Nc1ccncc1Br. The smallest absolute Gasteiger partial charge is 0.232 e. The third-order valence-electron chi connectivity index (χ3n) is 1.88. The fraction of sp³-hybridized carbons (Fsp3) is 0.444. The van der Waals surface area contributed by atoms with Gasteiger partial charge in [-0.15, -0.1) is 0 Å². The van der Waals surface area contributed by atoms with Gasteiger partial charge in [0.1, 0.15) is 0 Å². The van der Waals surface area contributed by atoms with E-state index in [4.69, 9.17) is 0 Å². The number of halogens is 1. The van der Waals surface area contributed by atoms with E-state index in [1.54, 1.807) is 19.3 Å². The average Bonchev–Trinajstić information content (AvgIpc) is 2.21. The molecule has 0 saturated heterocycles. The Morgan fingerprint density at radius 1 is 1.50 bits per heavy atom. The van der Waals surface area contributed by atoms with Crippen molar-refractivity contribution in [3.05, 3.63) is 22.9 Å². The molecular formula is C9H14BrN3O2S. The molecule has 1 aromatic heterocycles. The van der Waals surface area contributed by atoms with E-state index >= 15 is 0 Å². The molecule has 5 nitrogen and oxygen atoms in total. The van der Waals surface area contributed by atoms with Gasteiger partial charge in [-0.2, -0.15) is 0 Å². The minimum atomic E-state index is -3.28. The molecule has 0 bridgehead atoms. The lowest BCUT2D eigenvalue weighted by Crippen LogP contribution is -2.20. The van der Waals surface area contributed by atoms with E-state index in [1.165, 1.54) is 6.20 Å². The summed E-state index contributed by atoms with van der Waals surface area (Å²) in [6.07, 6.45) is 3.66. The Morgan fingerprint density at radius 2 is 2.25 bits per heavy atom. The Hall–Kier alpha value is -0.660. The molecule has 0 aliphatic carbocycles. The number of nitrogens with zero attached hydrogens (tertiary/aromatic N) is 1. The second-order valence-electron chi connectivity index (χ2n) is 3.23. The average molecular weight is 308 g/mol. The highest BCUT2D eigenvalue weighted by Gasteiger charge is 2.11. The number of hydrogen-bond acceptors (Lipinski definition) is 4. The summed E-state index contributed by atoms with van der Waals surface area (Å²) in [5.74, 6) is 0.0998. The van der Waals surface area contributed by atoms with E-state index in [9.17, 15) is 8.42 Å². The van der Waals surface area contributed by atoms with Gasteiger partial charge < -0.3 is 5.32 Å². The minimum absolute atomic E-state index is 0.0998. The molecule has 0 radical (unpaired) electrons. The van der Waals surface area contributed by atoms with Gasteiger partial charge in [-0.05, 0) is 42.0 Å². The highest BCUT2D eigenvalue weighted by molar-refractivity contribution is 9.10. The van der Waals surface area contributed by atoms with Crippen LogP contribution in [-0.2, 0) is 10.0 Å². The van der Waals surface area contributed by atoms with Crippen LogP contribution in [0.5, 0.6) is 0 Å². The molecule has 2 N–H and O–H groups in total. The van der Waals surface area contributed by atoms with Crippen LogP contribution in [0.25, 0.3) is 0 Å². The van der Waals surface area contributed by atoms with Crippen molar-refractivity contribution in [3.8, 4) is 0 Å². The molecule has 0 aromatic carbocycles. The quantitative estimate of drug-likeness (QED) is 0.775. The van der Waals surface area contributed by atoms with Crippen molar-refractivity contribution < 1.29 is 8.42 Å². The summed E-state index contributed by atoms with van der Waals surface area (Å²) in [7, 11) is -1.49. The Morgan fingerprint density at radius 3 is 2.88 bits per heavy atom. The molecule has 0 aliphatic heterocycles. The maximum absolute atomic E-state index is 11.6. The molecule has 90 valence electrons. The van der Waals surface area contributed by atoms with Gasteiger partial charge in [-0.3, -0.25) is 9.71 Å². The lowest BCUT2D eigenvalue weighted by molar-refractivity contribution is 0.597. The van der Waals surface area contributed by atoms with Crippen LogP contribution in [0.1, 0.15) is 6.42 Å². The first-order valence-electron chi connectivity index (χ1n) is 4.80. The Balaban J connectivity index is 2.63. The van der Waals surface area contributed by atoms with Crippen LogP contribution in [0, 0.1) is 0 Å². The molecule has 0 fully saturated rings. The zero-order valence-electron chi connectivity index (χ0n) is 8.90. The molecule has 1 heterocycles. The predicted molar refractivity (Wildman–Crippen MR) is 67.9 cm³/mol. The van der Waals surface area contributed by atoms with Gasteiger partial charge in [-0.25, -0.2) is 8.42 Å². The van der Waals surface area contributed by atoms with Crippen molar-refractivity contribution in [3.63, 3.8) is 0 Å². The highest BCUT2D eigenvalue weighted by Crippen LogP contribution is 2.21. The maximum Gasteiger partial charge on any atom is 0.232 e. The van der Waals surface area contributed by atoms with E-state index in [0.717, 1.165) is 0 Å². The number of rotatable bonds is 6. The van der Waals surface area contributed by atoms with E-state index < -0.39 is 10.0 Å². The van der Waals surface area contributed by atoms with Crippen LogP contribution in [0.15, 0.2) is 22.9 Å². The monoisotopic (exact) mass is 307 g/mol. The van der Waals surface area contributed by atoms with Crippen LogP contribution >= 0.6 is 15.9 Å². The summed E-state index contributed by atoms with van der Waals surface area (Å²) < 4.78 is 26.4. The van der Waals surface area contributed by atoms with Gasteiger partial charge in [0, 0.05) is 12.4 Å². The number of nitrogens with one attached hydrogen (secondary N) is 2. The second-order valence-corrected chi connectivity index (χ2v) is 5.93. The lowest BCUT2D eigenvalue weighted by atomic mass is 10.4. The first-order chi connectivity index (χ1) is 7.55. The van der Waals surface area contributed by atoms with Gasteiger partial charge in [-0.1, -0.05) is 0 Å². The summed E-state index contributed by atoms with van der Waals surface area (Å²) in [4.78, 5) is 3.86. The van der Waals surface area contributed by atoms with Crippen molar-refractivity contribution in [1.82, 2.24) is 10.3 Å². The molecule has 16 heavy (non-hydrogen) atoms. The van der Waals surface area contributed by atoms with E-state index in [2.05, 4.69) is 31.0 Å². The Kier molecular flexibility index (Phi) is 5.17. The van der Waals surface area contributed by atoms with Gasteiger partial charge in [0.05, 0.1) is 15.9 Å². The molecular weight excluding hydrogens is 294 g/mol. The van der Waals surface area contributed by atoms with Crippen molar-refractivity contribution in [2.24, 2.45) is 0 Å². The molecule has 0 spiro atoms. The number of anilines is 1. The minimum Gasteiger partial charge on any atom is -0.320 e. The fourth-order valence-corrected chi connectivity index (χ4v) is 2.74. The number of aromatic nitrogens is 1. The number of hydrogen-bond donors (Lipinski definition) is 2. The largest absolute Gasteiger partial charge is 0.320 e. The van der Waals surface area contributed by atoms with Gasteiger partial charge in [0.25, 0.3) is 0 Å². The summed E-state index contributed by atoms with van der Waals surface area (Å²) in [5.41, 5.74) is 0.513. The zero-order chi connectivity index (χ0) is 12.0. The van der Waals surface area contributed by atoms with Crippen LogP contribution < -0.4 is 10.0 Å². The van der Waals surface area contributed by atoms with Crippen molar-refractivity contribution in [1.29, 1.82) is 0 Å². The number of sulfonamides is 1. The molecule has 0 atom stereocenters. The molecule has 0 unspecified atom stereocenters. The Labute approximate surface area is 104 Å². The van der Waals surface area contributed by atoms with Crippen LogP contribution in [0.2, 0.25) is 0 Å². The summed E-state index contributed by atoms with van der Waals surface area (Å²) in [6, 6.07) is 1.61. The molecule has 1 aromatic rings. The van der Waals surface area contributed by atoms with Crippen molar-refractivity contribution >= 4 is 31.6 Å². The van der Waals surface area contributed by atoms with Crippen molar-refractivity contribution in [2.75, 3.05) is 24.1 Å². The molecule has 0 saturated carbocycles. The summed E-state index contributed by atoms with van der Waals surface area (Å²) in [5, 5.41) is 2.90. The topological polar surface area (TPSA) is 71.1 Å². The van der Waals surface area contributed by atoms with Crippen molar-refractivity contribution in [2.45, 2.75) is 6.42 Å². The first-order valence-corrected chi connectivity index (χ1v) is 7.24. The second kappa shape index (κ2) is 6.17.